The van der Waals surface area contributed by atoms with Gasteiger partial charge in [0.25, 0.3) is 0 Å². The zero-order valence-electron chi connectivity index (χ0n) is 4.33. The molecule has 0 aliphatic carbocycles. The first-order chi connectivity index (χ1) is 3.85. The fourth-order valence-electron chi connectivity index (χ4n) is 0.256. The molecule has 0 aromatic rings. The smallest absolute Gasteiger partial charge is 0.0969 e. The van der Waals surface area contributed by atoms with Gasteiger partial charge in [-0.3, -0.25) is 0 Å². The maximum atomic E-state index is 8.26. The topological polar surface area (TPSA) is 64.2 Å². The summed E-state index contributed by atoms with van der Waals surface area (Å²) in [5, 5.41) is 24.5. The van der Waals surface area contributed by atoms with Crippen molar-refractivity contribution in [3.8, 4) is 6.07 Å². The highest BCUT2D eigenvalue weighted by Crippen LogP contribution is 1.86. The van der Waals surface area contributed by atoms with Crippen LogP contribution in [-0.2, 0) is 0 Å². The van der Waals surface area contributed by atoms with Crippen LogP contribution in [0.3, 0.4) is 0 Å². The molecule has 44 valence electrons. The molecule has 0 aromatic heterocycles. The minimum atomic E-state index is -0.295. The minimum absolute atomic E-state index is 0.191. The van der Waals surface area contributed by atoms with Crippen LogP contribution in [0.25, 0.3) is 0 Å². The second-order valence-corrected chi connectivity index (χ2v) is 1.18. The molecule has 3 nitrogen and oxygen atoms in total. The third-order valence-corrected chi connectivity index (χ3v) is 0.652. The molecule has 2 N–H and O–H groups in total. The van der Waals surface area contributed by atoms with E-state index >= 15 is 0 Å². The number of rotatable bonds is 2. The van der Waals surface area contributed by atoms with E-state index in [1.807, 2.05) is 0 Å². The summed E-state index contributed by atoms with van der Waals surface area (Å²) in [4.78, 5) is 0. The zero-order chi connectivity index (χ0) is 6.41. The normalized spacial score (nSPS) is 10.9. The number of aliphatic hydroxyl groups excluding tert-OH is 2. The Morgan fingerprint density at radius 1 is 1.62 bits per heavy atom. The van der Waals surface area contributed by atoms with Crippen LogP contribution in [0.4, 0.5) is 0 Å². The molecule has 0 saturated carbocycles. The summed E-state index contributed by atoms with van der Waals surface area (Å²) < 4.78 is 0. The van der Waals surface area contributed by atoms with E-state index in [9.17, 15) is 0 Å². The van der Waals surface area contributed by atoms with Gasteiger partial charge in [0, 0.05) is 0 Å². The molecule has 0 aromatic carbocycles. The Bertz CT molecular complexity index is 123. The highest BCUT2D eigenvalue weighted by Gasteiger charge is 1.86. The van der Waals surface area contributed by atoms with Gasteiger partial charge in [-0.25, -0.2) is 0 Å². The van der Waals surface area contributed by atoms with Crippen LogP contribution in [0.5, 0.6) is 0 Å². The molecule has 0 saturated heterocycles. The van der Waals surface area contributed by atoms with E-state index in [4.69, 9.17) is 15.5 Å². The van der Waals surface area contributed by atoms with Gasteiger partial charge in [-0.15, -0.1) is 0 Å². The van der Waals surface area contributed by atoms with Crippen LogP contribution < -0.4 is 0 Å². The monoisotopic (exact) mass is 113 g/mol. The van der Waals surface area contributed by atoms with E-state index in [0.29, 0.717) is 0 Å². The Balaban J connectivity index is 3.72. The van der Waals surface area contributed by atoms with Gasteiger partial charge >= 0.3 is 0 Å². The van der Waals surface area contributed by atoms with Crippen LogP contribution in [0, 0.1) is 11.3 Å². The molecule has 8 heavy (non-hydrogen) atoms. The Labute approximate surface area is 47.5 Å². The third-order valence-electron chi connectivity index (χ3n) is 0.652. The molecular weight excluding hydrogens is 106 g/mol. The Kier molecular flexibility index (Phi) is 3.85. The van der Waals surface area contributed by atoms with Gasteiger partial charge in [-0.1, -0.05) is 0 Å². The molecule has 0 amide bonds. The molecule has 0 heterocycles. The lowest BCUT2D eigenvalue weighted by molar-refractivity contribution is 0.323. The van der Waals surface area contributed by atoms with Crippen molar-refractivity contribution < 1.29 is 10.2 Å². The molecule has 0 aliphatic rings. The first-order valence-corrected chi connectivity index (χ1v) is 2.16. The average Bonchev–Trinajstić information content (AvgIpc) is 1.83. The molecule has 0 bridgehead atoms. The van der Waals surface area contributed by atoms with E-state index in [-0.39, 0.29) is 18.8 Å². The van der Waals surface area contributed by atoms with E-state index in [2.05, 4.69) is 0 Å². The van der Waals surface area contributed by atoms with Gasteiger partial charge in [0.1, 0.15) is 0 Å². The molecule has 0 atom stereocenters. The summed E-state index contributed by atoms with van der Waals surface area (Å²) in [5.74, 6) is 0. The van der Waals surface area contributed by atoms with Gasteiger partial charge in [0.15, 0.2) is 0 Å². The lowest BCUT2D eigenvalue weighted by Crippen LogP contribution is -1.87. The Morgan fingerprint density at radius 3 is 2.38 bits per heavy atom. The van der Waals surface area contributed by atoms with Gasteiger partial charge in [-0.05, 0) is 6.08 Å². The van der Waals surface area contributed by atoms with E-state index < -0.39 is 0 Å². The predicted octanol–water partition coefficient (Wildman–Crippen LogP) is -0.579. The molecule has 0 radical (unpaired) electrons. The fourth-order valence-corrected chi connectivity index (χ4v) is 0.256. The predicted molar refractivity (Wildman–Crippen MR) is 27.9 cm³/mol. The van der Waals surface area contributed by atoms with Crippen molar-refractivity contribution in [3.63, 3.8) is 0 Å². The summed E-state index contributed by atoms with van der Waals surface area (Å²) in [6, 6.07) is 1.70. The van der Waals surface area contributed by atoms with Gasteiger partial charge in [-0.2, -0.15) is 5.26 Å². The Hall–Kier alpha value is -0.850. The number of nitrogens with zero attached hydrogens (tertiary/aromatic N) is 1. The second-order valence-electron chi connectivity index (χ2n) is 1.18. The summed E-state index contributed by atoms with van der Waals surface area (Å²) in [7, 11) is 0. The standard InChI is InChI=1S/C5H7NO2/c6-3-5(4-8)1-2-7/h1,7-8H,2,4H2. The average molecular weight is 113 g/mol. The van der Waals surface area contributed by atoms with Crippen LogP contribution in [0.1, 0.15) is 0 Å². The number of nitriles is 1. The van der Waals surface area contributed by atoms with Gasteiger partial charge in [0.05, 0.1) is 24.9 Å². The quantitative estimate of drug-likeness (QED) is 0.471. The van der Waals surface area contributed by atoms with Crippen LogP contribution in [0.2, 0.25) is 0 Å². The summed E-state index contributed by atoms with van der Waals surface area (Å²) in [6.07, 6.45) is 1.26. The molecule has 0 fully saturated rings. The number of hydrogen-bond acceptors (Lipinski definition) is 3. The molecule has 3 heteroatoms. The molecule has 0 spiro atoms. The van der Waals surface area contributed by atoms with Crippen LogP contribution >= 0.6 is 0 Å². The maximum Gasteiger partial charge on any atom is 0.0969 e. The van der Waals surface area contributed by atoms with Crippen molar-refractivity contribution in [2.24, 2.45) is 0 Å². The molecule has 0 aliphatic heterocycles. The van der Waals surface area contributed by atoms with Crippen molar-refractivity contribution in [1.82, 2.24) is 0 Å². The van der Waals surface area contributed by atoms with Crippen molar-refractivity contribution in [3.05, 3.63) is 11.6 Å². The molecule has 0 unspecified atom stereocenters. The summed E-state index contributed by atoms with van der Waals surface area (Å²) >= 11 is 0. The number of aliphatic hydroxyl groups is 2. The van der Waals surface area contributed by atoms with E-state index in [0.717, 1.165) is 0 Å². The lowest BCUT2D eigenvalue weighted by atomic mass is 10.3. The SMILES string of the molecule is N#CC(=CCO)CO. The van der Waals surface area contributed by atoms with Crippen molar-refractivity contribution >= 4 is 0 Å². The first kappa shape index (κ1) is 7.15. The van der Waals surface area contributed by atoms with E-state index in [1.165, 1.54) is 6.08 Å². The maximum absolute atomic E-state index is 8.26. The highest BCUT2D eigenvalue weighted by atomic mass is 16.3. The van der Waals surface area contributed by atoms with Crippen molar-refractivity contribution in [2.75, 3.05) is 13.2 Å². The first-order valence-electron chi connectivity index (χ1n) is 2.16. The minimum Gasteiger partial charge on any atom is -0.392 e. The highest BCUT2D eigenvalue weighted by molar-refractivity contribution is 5.20. The zero-order valence-corrected chi connectivity index (χ0v) is 4.33. The lowest BCUT2D eigenvalue weighted by Gasteiger charge is -1.84. The summed E-state index contributed by atoms with van der Waals surface area (Å²) in [6.45, 7) is -0.486. The van der Waals surface area contributed by atoms with Crippen LogP contribution in [-0.4, -0.2) is 23.4 Å². The summed E-state index contributed by atoms with van der Waals surface area (Å²) in [5.41, 5.74) is 0.201. The largest absolute Gasteiger partial charge is 0.392 e. The van der Waals surface area contributed by atoms with Gasteiger partial charge < -0.3 is 10.2 Å². The van der Waals surface area contributed by atoms with Crippen LogP contribution in [0.15, 0.2) is 11.6 Å². The molecule has 0 rings (SSSR count). The number of hydrogen-bond donors (Lipinski definition) is 2. The Morgan fingerprint density at radius 2 is 2.25 bits per heavy atom. The second kappa shape index (κ2) is 4.31. The molecular formula is C5H7NO2. The fraction of sp³-hybridized carbons (Fsp3) is 0.400. The van der Waals surface area contributed by atoms with Crippen molar-refractivity contribution in [2.45, 2.75) is 0 Å². The van der Waals surface area contributed by atoms with Gasteiger partial charge in [0.2, 0.25) is 0 Å². The van der Waals surface area contributed by atoms with Crippen molar-refractivity contribution in [1.29, 1.82) is 5.26 Å². The van der Waals surface area contributed by atoms with E-state index in [1.54, 1.807) is 6.07 Å². The third kappa shape index (κ3) is 2.35.